The number of nitrogens with one attached hydrogen (secondary N) is 4. The largest absolute Gasteiger partial charge is 0.481 e. The highest BCUT2D eigenvalue weighted by atomic mass is 16.7. The summed E-state index contributed by atoms with van der Waals surface area (Å²) in [5.41, 5.74) is 2.99. The van der Waals surface area contributed by atoms with Gasteiger partial charge in [-0.1, -0.05) is 76.2 Å². The van der Waals surface area contributed by atoms with Crippen molar-refractivity contribution in [3.8, 4) is 0 Å². The van der Waals surface area contributed by atoms with E-state index in [0.717, 1.165) is 34.9 Å². The molecule has 3 saturated carbocycles. The number of aromatic nitrogens is 3. The molecule has 4 aliphatic rings. The van der Waals surface area contributed by atoms with Gasteiger partial charge in [0, 0.05) is 42.3 Å². The second kappa shape index (κ2) is 14.6. The van der Waals surface area contributed by atoms with Gasteiger partial charge >= 0.3 is 7.12 Å². The molecule has 2 bridgehead atoms. The molecule has 3 aliphatic carbocycles. The third-order valence-electron chi connectivity index (χ3n) is 11.2. The lowest BCUT2D eigenvalue weighted by atomic mass is 9.47. The SMILES string of the molecule is CC(C)C[C@@H](NC(=O)[C@H](Cc1c[nH]c2ccccc12)NC(=O)[C@H](Cc1ccccc1)NC(=O)c1cnccn1)B1O[C@@H]2[C@@H](C[C@H]3C[C@@H]2C3(C)C)O1. The number of amides is 3. The highest BCUT2D eigenvalue weighted by molar-refractivity contribution is 6.47. The lowest BCUT2D eigenvalue weighted by Crippen LogP contribution is -2.59. The minimum absolute atomic E-state index is 0.0138. The lowest BCUT2D eigenvalue weighted by Gasteiger charge is -2.60. The maximum atomic E-state index is 14.5. The van der Waals surface area contributed by atoms with Crippen LogP contribution in [0.5, 0.6) is 0 Å². The van der Waals surface area contributed by atoms with Gasteiger partial charge in [-0.3, -0.25) is 19.4 Å². The third kappa shape index (κ3) is 7.43. The average Bonchev–Trinajstić information content (AvgIpc) is 3.76. The van der Waals surface area contributed by atoms with Gasteiger partial charge in [0.1, 0.15) is 17.8 Å². The van der Waals surface area contributed by atoms with E-state index < -0.39 is 37.0 Å². The van der Waals surface area contributed by atoms with E-state index in [2.05, 4.69) is 58.6 Å². The molecular weight excluding hydrogens is 643 g/mol. The second-order valence-electron chi connectivity index (χ2n) is 15.4. The maximum Gasteiger partial charge on any atom is 0.481 e. The normalized spacial score (nSPS) is 23.5. The van der Waals surface area contributed by atoms with E-state index >= 15 is 0 Å². The van der Waals surface area contributed by atoms with E-state index in [1.165, 1.54) is 18.6 Å². The highest BCUT2D eigenvalue weighted by Crippen LogP contribution is 2.61. The summed E-state index contributed by atoms with van der Waals surface area (Å²) in [6.45, 7) is 8.87. The zero-order chi connectivity index (χ0) is 35.7. The highest BCUT2D eigenvalue weighted by Gasteiger charge is 2.62. The molecular formula is C39H47BN6O5. The van der Waals surface area contributed by atoms with Gasteiger partial charge in [0.2, 0.25) is 11.8 Å². The first-order valence-corrected chi connectivity index (χ1v) is 18.1. The van der Waals surface area contributed by atoms with E-state index in [4.69, 9.17) is 9.31 Å². The van der Waals surface area contributed by atoms with Crippen LogP contribution in [0.1, 0.15) is 68.6 Å². The Balaban J connectivity index is 1.14. The molecule has 8 rings (SSSR count). The molecule has 1 saturated heterocycles. The Kier molecular flexibility index (Phi) is 9.98. The predicted octanol–water partition coefficient (Wildman–Crippen LogP) is 4.43. The van der Waals surface area contributed by atoms with Gasteiger partial charge in [-0.05, 0) is 59.6 Å². The Bertz CT molecular complexity index is 1850. The maximum absolute atomic E-state index is 14.5. The number of benzene rings is 2. The van der Waals surface area contributed by atoms with Crippen LogP contribution in [-0.2, 0) is 31.7 Å². The number of aromatic amines is 1. The summed E-state index contributed by atoms with van der Waals surface area (Å²) in [7, 11) is -0.581. The number of carbonyl (C=O) groups is 3. The van der Waals surface area contributed by atoms with Gasteiger partial charge in [-0.15, -0.1) is 0 Å². The molecule has 0 spiro atoms. The van der Waals surface area contributed by atoms with Crippen LogP contribution >= 0.6 is 0 Å². The van der Waals surface area contributed by atoms with Crippen LogP contribution in [0.4, 0.5) is 0 Å². The number of H-pyrrole nitrogens is 1. The summed E-state index contributed by atoms with van der Waals surface area (Å²) in [6, 6.07) is 15.3. The van der Waals surface area contributed by atoms with Crippen molar-refractivity contribution in [2.45, 2.75) is 90.0 Å². The molecule has 2 aromatic heterocycles. The molecule has 11 nitrogen and oxygen atoms in total. The van der Waals surface area contributed by atoms with Gasteiger partial charge in [-0.25, -0.2) is 4.98 Å². The van der Waals surface area contributed by atoms with Gasteiger partial charge in [0.05, 0.1) is 24.3 Å². The van der Waals surface area contributed by atoms with Crippen molar-refractivity contribution < 1.29 is 23.7 Å². The molecule has 0 radical (unpaired) electrons. The van der Waals surface area contributed by atoms with E-state index in [0.29, 0.717) is 18.3 Å². The lowest BCUT2D eigenvalue weighted by molar-refractivity contribution is -0.150. The molecule has 4 aromatic rings. The number of hydrogen-bond acceptors (Lipinski definition) is 7. The zero-order valence-corrected chi connectivity index (χ0v) is 29.7. The van der Waals surface area contributed by atoms with E-state index in [-0.39, 0.29) is 48.0 Å². The van der Waals surface area contributed by atoms with Crippen LogP contribution in [0.25, 0.3) is 10.9 Å². The summed E-state index contributed by atoms with van der Waals surface area (Å²) in [4.78, 5) is 53.3. The standard InChI is InChI=1S/C39H47BN6O5/c1-23(2)16-34(40-50-33-20-26-19-28(35(33)51-40)39(26,3)4)46-37(48)31(18-25-21-43-29-13-9-8-12-27(25)29)45-36(47)30(17-24-10-6-5-7-11-24)44-38(49)32-22-41-14-15-42-32/h5-15,21-23,26,28,30-31,33-35,43H,16-20H2,1-4H3,(H,44,49)(H,45,47)(H,46,48)/t26-,28+,30+,31+,33-,34-,35+/m1/s1. The van der Waals surface area contributed by atoms with Gasteiger partial charge < -0.3 is 30.2 Å². The minimum atomic E-state index is -0.994. The third-order valence-corrected chi connectivity index (χ3v) is 11.2. The summed E-state index contributed by atoms with van der Waals surface area (Å²) >= 11 is 0. The van der Waals surface area contributed by atoms with Gasteiger partial charge in [-0.2, -0.15) is 0 Å². The zero-order valence-electron chi connectivity index (χ0n) is 29.7. The van der Waals surface area contributed by atoms with Crippen LogP contribution in [0.3, 0.4) is 0 Å². The van der Waals surface area contributed by atoms with Crippen LogP contribution in [-0.4, -0.2) is 70.0 Å². The van der Waals surface area contributed by atoms with Crippen molar-refractivity contribution in [3.05, 3.63) is 96.2 Å². The molecule has 4 N–H and O–H groups in total. The van der Waals surface area contributed by atoms with Gasteiger partial charge in [0.25, 0.3) is 5.91 Å². The number of hydrogen-bond donors (Lipinski definition) is 4. The Hall–Kier alpha value is -4.55. The fourth-order valence-corrected chi connectivity index (χ4v) is 8.29. The van der Waals surface area contributed by atoms with Crippen molar-refractivity contribution >= 4 is 35.7 Å². The van der Waals surface area contributed by atoms with Crippen molar-refractivity contribution in [1.29, 1.82) is 0 Å². The second-order valence-corrected chi connectivity index (χ2v) is 15.4. The minimum Gasteiger partial charge on any atom is -0.404 e. The number of para-hydroxylation sites is 1. The monoisotopic (exact) mass is 690 g/mol. The van der Waals surface area contributed by atoms with Crippen LogP contribution in [0.15, 0.2) is 79.4 Å². The van der Waals surface area contributed by atoms with E-state index in [1.54, 1.807) is 0 Å². The molecule has 4 fully saturated rings. The molecule has 51 heavy (non-hydrogen) atoms. The van der Waals surface area contributed by atoms with Crippen LogP contribution < -0.4 is 16.0 Å². The van der Waals surface area contributed by atoms with Crippen molar-refractivity contribution in [2.75, 3.05) is 0 Å². The van der Waals surface area contributed by atoms with Gasteiger partial charge in [0.15, 0.2) is 0 Å². The first-order chi connectivity index (χ1) is 24.6. The molecule has 12 heteroatoms. The quantitative estimate of drug-likeness (QED) is 0.152. The Morgan fingerprint density at radius 2 is 1.67 bits per heavy atom. The summed E-state index contributed by atoms with van der Waals surface area (Å²) < 4.78 is 13.2. The molecule has 0 unspecified atom stereocenters. The molecule has 2 aromatic carbocycles. The smallest absolute Gasteiger partial charge is 0.404 e. The van der Waals surface area contributed by atoms with Crippen molar-refractivity contribution in [3.63, 3.8) is 0 Å². The fraction of sp³-hybridized carbons (Fsp3) is 0.462. The molecule has 7 atom stereocenters. The Labute approximate surface area is 299 Å². The van der Waals surface area contributed by atoms with Crippen LogP contribution in [0, 0.1) is 23.2 Å². The molecule has 266 valence electrons. The van der Waals surface area contributed by atoms with E-state index in [9.17, 15) is 14.4 Å². The number of fused-ring (bicyclic) bond motifs is 1. The Morgan fingerprint density at radius 1 is 0.922 bits per heavy atom. The number of rotatable bonds is 13. The summed E-state index contributed by atoms with van der Waals surface area (Å²) in [5, 5.41) is 10.1. The van der Waals surface area contributed by atoms with Crippen molar-refractivity contribution in [2.24, 2.45) is 23.2 Å². The predicted molar refractivity (Wildman–Crippen MR) is 194 cm³/mol. The Morgan fingerprint density at radius 3 is 2.41 bits per heavy atom. The topological polar surface area (TPSA) is 147 Å². The average molecular weight is 691 g/mol. The molecule has 1 aliphatic heterocycles. The first-order valence-electron chi connectivity index (χ1n) is 18.1. The number of carbonyl (C=O) groups excluding carboxylic acids is 3. The van der Waals surface area contributed by atoms with Crippen molar-refractivity contribution in [1.82, 2.24) is 30.9 Å². The van der Waals surface area contributed by atoms with Crippen LogP contribution in [0.2, 0.25) is 0 Å². The number of nitrogens with zero attached hydrogens (tertiary/aromatic N) is 2. The molecule has 3 amide bonds. The first kappa shape index (κ1) is 34.9. The summed E-state index contributed by atoms with van der Waals surface area (Å²) in [5.74, 6) is -0.465. The van der Waals surface area contributed by atoms with E-state index in [1.807, 2.05) is 60.8 Å². The molecule has 3 heterocycles. The fourth-order valence-electron chi connectivity index (χ4n) is 8.29. The summed E-state index contributed by atoms with van der Waals surface area (Å²) in [6.07, 6.45) is 9.37.